The van der Waals surface area contributed by atoms with Crippen molar-refractivity contribution in [1.82, 2.24) is 4.90 Å². The zero-order chi connectivity index (χ0) is 32.9. The van der Waals surface area contributed by atoms with Gasteiger partial charge in [0.25, 0.3) is 11.8 Å². The highest BCUT2D eigenvalue weighted by molar-refractivity contribution is 6.58. The number of aromatic hydroxyl groups is 1. The van der Waals surface area contributed by atoms with E-state index in [1.165, 1.54) is 25.3 Å². The Morgan fingerprint density at radius 1 is 0.933 bits per heavy atom. The summed E-state index contributed by atoms with van der Waals surface area (Å²) >= 11 is 14.1. The Balaban J connectivity index is 1.63. The van der Waals surface area contributed by atoms with Gasteiger partial charge in [0.1, 0.15) is 17.2 Å². The zero-order valence-electron chi connectivity index (χ0n) is 23.5. The van der Waals surface area contributed by atoms with Crippen molar-refractivity contribution in [1.29, 1.82) is 0 Å². The van der Waals surface area contributed by atoms with Crippen molar-refractivity contribution in [3.8, 4) is 11.5 Å². The Hall–Kier alpha value is -3.71. The van der Waals surface area contributed by atoms with Crippen LogP contribution >= 0.6 is 23.2 Å². The molecule has 2 heterocycles. The summed E-state index contributed by atoms with van der Waals surface area (Å²) in [5.74, 6) is -21.8. The third-order valence-corrected chi connectivity index (χ3v) is 10.7. The second-order valence-electron chi connectivity index (χ2n) is 11.4. The number of halogens is 7. The third kappa shape index (κ3) is 3.82. The first kappa shape index (κ1) is 31.3. The van der Waals surface area contributed by atoms with Crippen molar-refractivity contribution in [2.24, 2.45) is 17.8 Å². The average Bonchev–Trinajstić information content (AvgIpc) is 3.34. The van der Waals surface area contributed by atoms with E-state index < -0.39 is 104 Å². The lowest BCUT2D eigenvalue weighted by atomic mass is 9.56. The number of phenolic OH excluding ortho intramolecular Hbond substituents is 1. The summed E-state index contributed by atoms with van der Waals surface area (Å²) in [6, 6.07) is 3.99. The summed E-state index contributed by atoms with van der Waals surface area (Å²) in [7, 11) is 1.23. The number of rotatable bonds is 5. The molecule has 4 aliphatic rings. The lowest BCUT2D eigenvalue weighted by Crippen LogP contribution is -2.60. The first-order chi connectivity index (χ1) is 21.2. The van der Waals surface area contributed by atoms with E-state index in [2.05, 4.69) is 0 Å². The van der Waals surface area contributed by atoms with Gasteiger partial charge in [0.15, 0.2) is 33.0 Å². The summed E-state index contributed by atoms with van der Waals surface area (Å²) in [5, 5.41) is 11.1. The fourth-order valence-electron chi connectivity index (χ4n) is 7.39. The molecule has 8 nitrogen and oxygen atoms in total. The Bertz CT molecular complexity index is 1730. The van der Waals surface area contributed by atoms with Gasteiger partial charge < -0.3 is 9.84 Å². The SMILES string of the molecule is CCCN1C(=O)[C@H]2[C@H](CC=C3[C@H]2C[C@@]2(Cl)C(=O)N(c4c(F)c(F)c(F)c(F)c4F)C(=O)[C@@]2(Cl)[C@H]3c2c(O)cccc2OC)C1=O. The average molecular weight is 673 g/mol. The highest BCUT2D eigenvalue weighted by Crippen LogP contribution is 2.67. The number of methoxy groups -OCH3 is 1. The molecule has 2 aliphatic carbocycles. The summed E-state index contributed by atoms with van der Waals surface area (Å²) in [6.45, 7) is 1.88. The molecule has 1 N–H and O–H groups in total. The predicted octanol–water partition coefficient (Wildman–Crippen LogP) is 5.07. The smallest absolute Gasteiger partial charge is 0.258 e. The molecule has 2 saturated heterocycles. The number of allylic oxidation sites excluding steroid dienone is 2. The number of benzene rings is 2. The molecular weight excluding hydrogens is 650 g/mol. The van der Waals surface area contributed by atoms with Gasteiger partial charge in [-0.25, -0.2) is 26.9 Å². The molecule has 0 aromatic heterocycles. The fraction of sp³-hybridized carbons (Fsp3) is 0.400. The van der Waals surface area contributed by atoms with Crippen LogP contribution in [-0.2, 0) is 19.2 Å². The van der Waals surface area contributed by atoms with Crippen LogP contribution in [0.2, 0.25) is 0 Å². The Morgan fingerprint density at radius 3 is 2.16 bits per heavy atom. The molecule has 2 aliphatic heterocycles. The van der Waals surface area contributed by atoms with Gasteiger partial charge in [-0.15, -0.1) is 23.2 Å². The van der Waals surface area contributed by atoms with E-state index in [-0.39, 0.29) is 34.8 Å². The topological polar surface area (TPSA) is 104 Å². The molecule has 3 fully saturated rings. The minimum absolute atomic E-state index is 0.000550. The number of alkyl halides is 2. The first-order valence-corrected chi connectivity index (χ1v) is 14.6. The van der Waals surface area contributed by atoms with E-state index in [1.54, 1.807) is 13.0 Å². The summed E-state index contributed by atoms with van der Waals surface area (Å²) in [4.78, 5) is 50.7. The van der Waals surface area contributed by atoms with Crippen molar-refractivity contribution in [3.05, 3.63) is 64.5 Å². The molecule has 6 atom stereocenters. The lowest BCUT2D eigenvalue weighted by Gasteiger charge is -2.50. The van der Waals surface area contributed by atoms with Crippen LogP contribution in [0.4, 0.5) is 27.6 Å². The normalized spacial score (nSPS) is 30.8. The van der Waals surface area contributed by atoms with Gasteiger partial charge in [-0.3, -0.25) is 24.1 Å². The molecule has 1 saturated carbocycles. The number of phenols is 1. The van der Waals surface area contributed by atoms with Crippen LogP contribution in [0.5, 0.6) is 11.5 Å². The summed E-state index contributed by atoms with van der Waals surface area (Å²) < 4.78 is 78.2. The van der Waals surface area contributed by atoms with Gasteiger partial charge >= 0.3 is 0 Å². The molecule has 6 rings (SSSR count). The van der Waals surface area contributed by atoms with Crippen molar-refractivity contribution >= 4 is 52.5 Å². The van der Waals surface area contributed by atoms with Crippen LogP contribution in [-0.4, -0.2) is 57.0 Å². The van der Waals surface area contributed by atoms with E-state index in [4.69, 9.17) is 27.9 Å². The quantitative estimate of drug-likeness (QED) is 0.119. The van der Waals surface area contributed by atoms with Gasteiger partial charge in [0.2, 0.25) is 17.6 Å². The Morgan fingerprint density at radius 2 is 1.56 bits per heavy atom. The number of nitrogens with zero attached hydrogens (tertiary/aromatic N) is 2. The van der Waals surface area contributed by atoms with Crippen LogP contribution in [0.1, 0.15) is 37.7 Å². The van der Waals surface area contributed by atoms with Gasteiger partial charge in [0.05, 0.1) is 18.9 Å². The number of anilines is 1. The van der Waals surface area contributed by atoms with Gasteiger partial charge in [0, 0.05) is 18.0 Å². The number of carbonyl (C=O) groups is 4. The van der Waals surface area contributed by atoms with Crippen molar-refractivity contribution in [3.63, 3.8) is 0 Å². The maximum Gasteiger partial charge on any atom is 0.258 e. The first-order valence-electron chi connectivity index (χ1n) is 13.9. The fourth-order valence-corrected chi connectivity index (χ4v) is 8.31. The highest BCUT2D eigenvalue weighted by Gasteiger charge is 2.77. The Labute approximate surface area is 262 Å². The number of hydrogen-bond acceptors (Lipinski definition) is 6. The van der Waals surface area contributed by atoms with Crippen LogP contribution in [0.3, 0.4) is 0 Å². The number of carbonyl (C=O) groups excluding carboxylic acids is 4. The molecule has 0 radical (unpaired) electrons. The van der Waals surface area contributed by atoms with Crippen molar-refractivity contribution in [2.45, 2.75) is 41.9 Å². The van der Waals surface area contributed by atoms with Crippen LogP contribution in [0.15, 0.2) is 29.8 Å². The summed E-state index contributed by atoms with van der Waals surface area (Å²) in [5.41, 5.74) is -1.85. The highest BCUT2D eigenvalue weighted by atomic mass is 35.5. The van der Waals surface area contributed by atoms with E-state index in [1.807, 2.05) is 0 Å². The molecule has 0 unspecified atom stereocenters. The standard InChI is InChI=1S/C30H23Cl2F5N2O6/c1-3-9-38-25(41)12-8-7-11-13(16(12)26(38)42)10-29(31)27(43)39(24-22(36)20(34)19(33)21(35)23(24)37)28(44)30(29,32)18(11)17-14(40)5-4-6-15(17)45-2/h4-7,12-13,16,18,40H,3,8-10H2,1-2H3/t12-,13+,16-,18+,29+,30-/m0/s1. The van der Waals surface area contributed by atoms with Crippen LogP contribution < -0.4 is 9.64 Å². The van der Waals surface area contributed by atoms with E-state index >= 15 is 8.78 Å². The number of hydrogen-bond donors (Lipinski definition) is 1. The van der Waals surface area contributed by atoms with Crippen molar-refractivity contribution < 1.29 is 51.0 Å². The summed E-state index contributed by atoms with van der Waals surface area (Å²) in [6.07, 6.45) is 1.36. The molecule has 238 valence electrons. The zero-order valence-corrected chi connectivity index (χ0v) is 25.0. The molecular formula is C30H23Cl2F5N2O6. The maximum absolute atomic E-state index is 15.1. The minimum Gasteiger partial charge on any atom is -0.508 e. The van der Waals surface area contributed by atoms with E-state index in [9.17, 15) is 37.5 Å². The second-order valence-corrected chi connectivity index (χ2v) is 12.7. The van der Waals surface area contributed by atoms with E-state index in [0.717, 1.165) is 4.90 Å². The number of likely N-dealkylation sites (tertiary alicyclic amines) is 1. The number of imide groups is 2. The molecule has 0 bridgehead atoms. The monoisotopic (exact) mass is 672 g/mol. The van der Waals surface area contributed by atoms with Crippen LogP contribution in [0.25, 0.3) is 0 Å². The molecule has 2 aromatic rings. The third-order valence-electron chi connectivity index (χ3n) is 9.31. The maximum atomic E-state index is 15.1. The largest absolute Gasteiger partial charge is 0.508 e. The number of ether oxygens (including phenoxy) is 1. The molecule has 45 heavy (non-hydrogen) atoms. The van der Waals surface area contributed by atoms with Crippen molar-refractivity contribution in [2.75, 3.05) is 18.6 Å². The van der Waals surface area contributed by atoms with E-state index in [0.29, 0.717) is 6.42 Å². The molecule has 2 aromatic carbocycles. The molecule has 0 spiro atoms. The van der Waals surface area contributed by atoms with Crippen LogP contribution in [0, 0.1) is 46.8 Å². The Kier molecular flexibility index (Phi) is 7.24. The second kappa shape index (κ2) is 10.4. The van der Waals surface area contributed by atoms with Gasteiger partial charge in [-0.05, 0) is 37.3 Å². The predicted molar refractivity (Wildman–Crippen MR) is 148 cm³/mol. The molecule has 15 heteroatoms. The number of fused-ring (bicyclic) bond motifs is 4. The molecule has 4 amide bonds. The van der Waals surface area contributed by atoms with Gasteiger partial charge in [-0.2, -0.15) is 0 Å². The minimum atomic E-state index is -2.76. The lowest BCUT2D eigenvalue weighted by molar-refractivity contribution is -0.140. The van der Waals surface area contributed by atoms with Gasteiger partial charge in [-0.1, -0.05) is 24.6 Å². The number of amides is 4.